The first kappa shape index (κ1) is 22.4. The van der Waals surface area contributed by atoms with Gasteiger partial charge in [0.2, 0.25) is 0 Å². The van der Waals surface area contributed by atoms with Gasteiger partial charge in [0.25, 0.3) is 0 Å². The number of nitrogens with zero attached hydrogens (tertiary/aromatic N) is 6. The number of pyridine rings is 2. The van der Waals surface area contributed by atoms with Crippen molar-refractivity contribution in [2.45, 2.75) is 38.3 Å². The van der Waals surface area contributed by atoms with E-state index in [4.69, 9.17) is 18.9 Å². The molecule has 10 heteroatoms. The maximum Gasteiger partial charge on any atom is 0.349 e. The molecule has 184 valence electrons. The Labute approximate surface area is 206 Å². The molecule has 0 aromatic carbocycles. The van der Waals surface area contributed by atoms with Gasteiger partial charge < -0.3 is 18.5 Å². The summed E-state index contributed by atoms with van der Waals surface area (Å²) >= 11 is 0. The molecule has 0 N–H and O–H groups in total. The molecule has 5 aromatic heterocycles. The van der Waals surface area contributed by atoms with E-state index >= 15 is 0 Å². The van der Waals surface area contributed by atoms with Crippen molar-refractivity contribution < 1.29 is 13.9 Å². The summed E-state index contributed by atoms with van der Waals surface area (Å²) in [4.78, 5) is 31.9. The van der Waals surface area contributed by atoms with Crippen LogP contribution in [0.3, 0.4) is 0 Å². The molecule has 36 heavy (non-hydrogen) atoms. The molecule has 2 unspecified atom stereocenters. The second-order valence-electron chi connectivity index (χ2n) is 9.02. The third-order valence-electron chi connectivity index (χ3n) is 6.72. The molecule has 6 rings (SSSR count). The van der Waals surface area contributed by atoms with E-state index in [1.165, 1.54) is 0 Å². The SMILES string of the molecule is CCC1CC(n2c(=O)nc(-c3ccc(OC)cn3)c3oc4ccc(-c5cn(C)cn5)nc4c32)CCO1. The highest BCUT2D eigenvalue weighted by Gasteiger charge is 2.29. The van der Waals surface area contributed by atoms with Crippen molar-refractivity contribution in [3.8, 4) is 28.5 Å². The summed E-state index contributed by atoms with van der Waals surface area (Å²) < 4.78 is 21.1. The van der Waals surface area contributed by atoms with Crippen molar-refractivity contribution in [2.75, 3.05) is 13.7 Å². The van der Waals surface area contributed by atoms with Crippen LogP contribution in [-0.4, -0.2) is 48.9 Å². The average Bonchev–Trinajstić information content (AvgIpc) is 3.51. The lowest BCUT2D eigenvalue weighted by atomic mass is 10.0. The summed E-state index contributed by atoms with van der Waals surface area (Å²) in [5, 5.41) is 0. The van der Waals surface area contributed by atoms with Crippen LogP contribution in [0.4, 0.5) is 0 Å². The van der Waals surface area contributed by atoms with Crippen LogP contribution in [0.5, 0.6) is 5.75 Å². The van der Waals surface area contributed by atoms with Gasteiger partial charge in [-0.2, -0.15) is 4.98 Å². The maximum atomic E-state index is 13.6. The minimum Gasteiger partial charge on any atom is -0.495 e. The van der Waals surface area contributed by atoms with Gasteiger partial charge in [0, 0.05) is 25.9 Å². The molecule has 0 amide bonds. The van der Waals surface area contributed by atoms with E-state index in [0.29, 0.717) is 58.1 Å². The Hall–Kier alpha value is -4.05. The molecule has 5 aromatic rings. The Morgan fingerprint density at radius 1 is 1.11 bits per heavy atom. The van der Waals surface area contributed by atoms with Gasteiger partial charge in [0.05, 0.1) is 37.1 Å². The maximum absolute atomic E-state index is 13.6. The van der Waals surface area contributed by atoms with E-state index in [-0.39, 0.29) is 17.8 Å². The topological polar surface area (TPSA) is 110 Å². The third-order valence-corrected chi connectivity index (χ3v) is 6.72. The van der Waals surface area contributed by atoms with E-state index in [0.717, 1.165) is 18.5 Å². The van der Waals surface area contributed by atoms with Crippen LogP contribution in [0.25, 0.3) is 45.0 Å². The molecule has 0 radical (unpaired) electrons. The summed E-state index contributed by atoms with van der Waals surface area (Å²) in [6.07, 6.45) is 7.63. The standard InChI is InChI=1S/C26H26N6O4/c1-4-16-11-15(9-10-35-16)32-24-23-21(8-7-18(29-23)20-13-31(2)14-28-20)36-25(24)22(30-26(32)33)19-6-5-17(34-3)12-27-19/h5-8,12-16H,4,9-11H2,1-3H3. The number of aromatic nitrogens is 6. The molecule has 0 saturated carbocycles. The average molecular weight is 487 g/mol. The summed E-state index contributed by atoms with van der Waals surface area (Å²) in [6, 6.07) is 7.21. The predicted octanol–water partition coefficient (Wildman–Crippen LogP) is 4.14. The number of methoxy groups -OCH3 is 1. The van der Waals surface area contributed by atoms with Gasteiger partial charge in [0.1, 0.15) is 28.2 Å². The van der Waals surface area contributed by atoms with Crippen molar-refractivity contribution in [2.24, 2.45) is 7.05 Å². The Morgan fingerprint density at radius 3 is 2.69 bits per heavy atom. The Kier molecular flexibility index (Phi) is 5.52. The van der Waals surface area contributed by atoms with Gasteiger partial charge in [-0.1, -0.05) is 6.92 Å². The largest absolute Gasteiger partial charge is 0.495 e. The third kappa shape index (κ3) is 3.74. The summed E-state index contributed by atoms with van der Waals surface area (Å²) in [6.45, 7) is 2.68. The normalized spacial score (nSPS) is 18.2. The van der Waals surface area contributed by atoms with Gasteiger partial charge in [-0.3, -0.25) is 9.55 Å². The van der Waals surface area contributed by atoms with Crippen LogP contribution in [0, 0.1) is 0 Å². The first-order valence-electron chi connectivity index (χ1n) is 12.0. The molecule has 0 spiro atoms. The zero-order valence-corrected chi connectivity index (χ0v) is 20.3. The zero-order valence-electron chi connectivity index (χ0n) is 20.3. The lowest BCUT2D eigenvalue weighted by Gasteiger charge is -2.30. The monoisotopic (exact) mass is 486 g/mol. The second kappa shape index (κ2) is 8.87. The Balaban J connectivity index is 1.63. The van der Waals surface area contributed by atoms with Crippen molar-refractivity contribution in [3.63, 3.8) is 0 Å². The zero-order chi connectivity index (χ0) is 24.8. The minimum absolute atomic E-state index is 0.0785. The minimum atomic E-state index is -0.357. The van der Waals surface area contributed by atoms with Crippen molar-refractivity contribution in [3.05, 3.63) is 53.5 Å². The number of ether oxygens (including phenoxy) is 2. The number of fused-ring (bicyclic) bond motifs is 3. The molecule has 0 bridgehead atoms. The number of furan rings is 1. The van der Waals surface area contributed by atoms with Crippen molar-refractivity contribution >= 4 is 22.2 Å². The number of rotatable bonds is 5. The number of imidazole rings is 1. The first-order chi connectivity index (χ1) is 17.6. The molecule has 0 aliphatic carbocycles. The number of aryl methyl sites for hydroxylation is 1. The van der Waals surface area contributed by atoms with Crippen LogP contribution < -0.4 is 10.4 Å². The fourth-order valence-corrected chi connectivity index (χ4v) is 4.86. The molecule has 10 nitrogen and oxygen atoms in total. The first-order valence-corrected chi connectivity index (χ1v) is 12.0. The van der Waals surface area contributed by atoms with E-state index < -0.39 is 0 Å². The van der Waals surface area contributed by atoms with Crippen LogP contribution in [-0.2, 0) is 11.8 Å². The fourth-order valence-electron chi connectivity index (χ4n) is 4.86. The van der Waals surface area contributed by atoms with E-state index in [9.17, 15) is 4.79 Å². The highest BCUT2D eigenvalue weighted by atomic mass is 16.5. The molecule has 1 aliphatic heterocycles. The van der Waals surface area contributed by atoms with Gasteiger partial charge >= 0.3 is 5.69 Å². The molecule has 1 saturated heterocycles. The quantitative estimate of drug-likeness (QED) is 0.365. The molecule has 1 fully saturated rings. The van der Waals surface area contributed by atoms with Gasteiger partial charge in [0.15, 0.2) is 11.2 Å². The van der Waals surface area contributed by atoms with E-state index in [1.807, 2.05) is 29.9 Å². The molecule has 2 atom stereocenters. The highest BCUT2D eigenvalue weighted by molar-refractivity contribution is 6.05. The van der Waals surface area contributed by atoms with Gasteiger partial charge in [-0.05, 0) is 43.5 Å². The fraction of sp³-hybridized carbons (Fsp3) is 0.346. The molecule has 6 heterocycles. The highest BCUT2D eigenvalue weighted by Crippen LogP contribution is 2.37. The van der Waals surface area contributed by atoms with Crippen LogP contribution in [0.1, 0.15) is 32.2 Å². The van der Waals surface area contributed by atoms with Crippen LogP contribution >= 0.6 is 0 Å². The molecular weight excluding hydrogens is 460 g/mol. The smallest absolute Gasteiger partial charge is 0.349 e. The lowest BCUT2D eigenvalue weighted by Crippen LogP contribution is -2.34. The molecular formula is C26H26N6O4. The lowest BCUT2D eigenvalue weighted by molar-refractivity contribution is -0.00710. The Morgan fingerprint density at radius 2 is 1.97 bits per heavy atom. The van der Waals surface area contributed by atoms with Gasteiger partial charge in [-0.25, -0.2) is 14.8 Å². The van der Waals surface area contributed by atoms with Crippen LogP contribution in [0.2, 0.25) is 0 Å². The summed E-state index contributed by atoms with van der Waals surface area (Å²) in [5.41, 5.74) is 4.25. The van der Waals surface area contributed by atoms with E-state index in [2.05, 4.69) is 21.9 Å². The number of hydrogen-bond acceptors (Lipinski definition) is 8. The second-order valence-corrected chi connectivity index (χ2v) is 9.02. The van der Waals surface area contributed by atoms with Crippen LogP contribution in [0.15, 0.2) is 52.2 Å². The van der Waals surface area contributed by atoms with Crippen molar-refractivity contribution in [1.82, 2.24) is 29.1 Å². The van der Waals surface area contributed by atoms with Gasteiger partial charge in [-0.15, -0.1) is 0 Å². The van der Waals surface area contributed by atoms with E-state index in [1.54, 1.807) is 36.3 Å². The summed E-state index contributed by atoms with van der Waals surface area (Å²) in [7, 11) is 3.49. The predicted molar refractivity (Wildman–Crippen MR) is 134 cm³/mol. The number of hydrogen-bond donors (Lipinski definition) is 0. The Bertz CT molecular complexity index is 1620. The van der Waals surface area contributed by atoms with Crippen molar-refractivity contribution in [1.29, 1.82) is 0 Å². The summed E-state index contributed by atoms with van der Waals surface area (Å²) in [5.74, 6) is 0.613. The molecule has 1 aliphatic rings.